The van der Waals surface area contributed by atoms with Gasteiger partial charge in [0.15, 0.2) is 5.84 Å². The zero-order valence-electron chi connectivity index (χ0n) is 27.2. The molecule has 9 rings (SSSR count). The predicted octanol–water partition coefficient (Wildman–Crippen LogP) is 12.7. The number of hydrogen-bond donors (Lipinski definition) is 0. The lowest BCUT2D eigenvalue weighted by atomic mass is 9.99. The molecule has 0 aliphatic carbocycles. The van der Waals surface area contributed by atoms with E-state index < -0.39 is 0 Å². The highest BCUT2D eigenvalue weighted by atomic mass is 32.1. The van der Waals surface area contributed by atoms with Gasteiger partial charge < -0.3 is 4.90 Å². The van der Waals surface area contributed by atoms with Gasteiger partial charge in [0, 0.05) is 54.6 Å². The Kier molecular flexibility index (Phi) is 7.49. The van der Waals surface area contributed by atoms with Crippen LogP contribution in [0.25, 0.3) is 48.1 Å². The summed E-state index contributed by atoms with van der Waals surface area (Å²) in [5.41, 5.74) is 11.2. The lowest BCUT2D eigenvalue weighted by Gasteiger charge is -2.27. The van der Waals surface area contributed by atoms with Crippen molar-refractivity contribution < 1.29 is 0 Å². The minimum Gasteiger partial charge on any atom is -0.310 e. The molecule has 0 fully saturated rings. The largest absolute Gasteiger partial charge is 0.310 e. The molecule has 236 valence electrons. The summed E-state index contributed by atoms with van der Waals surface area (Å²) >= 11 is 1.84. The van der Waals surface area contributed by atoms with Gasteiger partial charge in [0.05, 0.1) is 5.70 Å². The summed E-state index contributed by atoms with van der Waals surface area (Å²) in [6.07, 6.45) is 1.87. The van der Waals surface area contributed by atoms with E-state index in [1.807, 2.05) is 47.9 Å². The van der Waals surface area contributed by atoms with Gasteiger partial charge in [-0.3, -0.25) is 0 Å². The van der Waals surface area contributed by atoms with Crippen LogP contribution in [0.15, 0.2) is 186 Å². The first-order valence-corrected chi connectivity index (χ1v) is 17.5. The molecule has 3 nitrogen and oxygen atoms in total. The molecule has 1 aliphatic rings. The molecule has 0 saturated carbocycles. The van der Waals surface area contributed by atoms with Crippen molar-refractivity contribution in [3.63, 3.8) is 0 Å². The topological polar surface area (TPSA) is 28.0 Å². The number of nitrogens with zero attached hydrogens (tertiary/aromatic N) is 3. The fraction of sp³-hybridized carbons (Fsp3) is 0. The van der Waals surface area contributed by atoms with Crippen molar-refractivity contribution in [1.82, 2.24) is 0 Å². The van der Waals surface area contributed by atoms with Crippen LogP contribution in [-0.4, -0.2) is 12.1 Å². The molecule has 0 N–H and O–H groups in total. The van der Waals surface area contributed by atoms with E-state index in [0.717, 1.165) is 56.0 Å². The van der Waals surface area contributed by atoms with Gasteiger partial charge in [-0.05, 0) is 88.5 Å². The molecule has 2 heterocycles. The third kappa shape index (κ3) is 5.62. The molecule has 8 bridgehead atoms. The summed E-state index contributed by atoms with van der Waals surface area (Å²) < 4.78 is 2.59. The lowest BCUT2D eigenvalue weighted by Crippen LogP contribution is -2.10. The van der Waals surface area contributed by atoms with Crippen LogP contribution in [0.4, 0.5) is 17.1 Å². The molecule has 0 amide bonds. The smallest absolute Gasteiger partial charge is 0.159 e. The number of amidine groups is 1. The normalized spacial score (nSPS) is 13.9. The number of benzene rings is 7. The average Bonchev–Trinajstić information content (AvgIpc) is 3.55. The highest BCUT2D eigenvalue weighted by Crippen LogP contribution is 2.42. The molecule has 0 saturated heterocycles. The first-order valence-electron chi connectivity index (χ1n) is 16.7. The quantitative estimate of drug-likeness (QED) is 0.170. The van der Waals surface area contributed by atoms with E-state index in [0.29, 0.717) is 11.5 Å². The monoisotopic (exact) mass is 657 g/mol. The Labute approximate surface area is 295 Å². The van der Waals surface area contributed by atoms with Crippen LogP contribution in [-0.2, 0) is 0 Å². The van der Waals surface area contributed by atoms with Gasteiger partial charge in [-0.1, -0.05) is 116 Å². The SMILES string of the molecule is C=C1/N=C(\N=C\c2ccccc2)c2cccc(c2)-c2cccc(c2)N(c2ccc3sc4ccccc4c3c2)c2cccc(c2)-c2cccc1c2. The van der Waals surface area contributed by atoms with E-state index in [4.69, 9.17) is 9.98 Å². The number of anilines is 3. The van der Waals surface area contributed by atoms with Crippen molar-refractivity contribution in [2.75, 3.05) is 4.90 Å². The second kappa shape index (κ2) is 12.6. The Hall–Kier alpha value is -6.36. The Morgan fingerprint density at radius 1 is 0.480 bits per heavy atom. The zero-order chi connectivity index (χ0) is 33.4. The standard InChI is InChI=1S/C46H31N3S/c1-31-33-13-7-14-34(25-33)36-16-9-19-39(27-36)49(41-23-24-45-43(29-41)42-21-5-6-22-44(42)50-45)40-20-10-17-37(28-40)35-15-8-18-38(26-35)46(48-31)47-30-32-11-3-2-4-12-32/h2-30H,1H2/b47-30+,48-46-. The van der Waals surface area contributed by atoms with Crippen molar-refractivity contribution >= 4 is 66.3 Å². The van der Waals surface area contributed by atoms with E-state index in [1.54, 1.807) is 0 Å². The number of aliphatic imine (C=N–C) groups is 2. The third-order valence-corrected chi connectivity index (χ3v) is 10.3. The summed E-state index contributed by atoms with van der Waals surface area (Å²) in [5, 5.41) is 2.55. The third-order valence-electron chi connectivity index (χ3n) is 9.19. The molecule has 50 heavy (non-hydrogen) atoms. The highest BCUT2D eigenvalue weighted by Gasteiger charge is 2.17. The minimum absolute atomic E-state index is 0.606. The predicted molar refractivity (Wildman–Crippen MR) is 214 cm³/mol. The Balaban J connectivity index is 1.27. The lowest BCUT2D eigenvalue weighted by molar-refractivity contribution is 1.29. The van der Waals surface area contributed by atoms with Gasteiger partial charge in [0.25, 0.3) is 0 Å². The fourth-order valence-electron chi connectivity index (χ4n) is 6.70. The van der Waals surface area contributed by atoms with Crippen LogP contribution in [0, 0.1) is 0 Å². The molecule has 1 aliphatic heterocycles. The van der Waals surface area contributed by atoms with Crippen molar-refractivity contribution in [2.24, 2.45) is 9.98 Å². The number of hydrogen-bond acceptors (Lipinski definition) is 4. The summed E-state index contributed by atoms with van der Waals surface area (Å²) in [6.45, 7) is 4.41. The first-order chi connectivity index (χ1) is 24.7. The summed E-state index contributed by atoms with van der Waals surface area (Å²) in [6, 6.07) is 60.1. The van der Waals surface area contributed by atoms with Gasteiger partial charge >= 0.3 is 0 Å². The maximum absolute atomic E-state index is 5.04. The van der Waals surface area contributed by atoms with Crippen molar-refractivity contribution in [3.8, 4) is 22.3 Å². The number of rotatable bonds is 2. The van der Waals surface area contributed by atoms with Crippen LogP contribution >= 0.6 is 11.3 Å². The molecule has 0 spiro atoms. The Morgan fingerprint density at radius 2 is 1.04 bits per heavy atom. The van der Waals surface area contributed by atoms with E-state index in [-0.39, 0.29) is 0 Å². The first kappa shape index (κ1) is 29.8. The molecule has 0 unspecified atom stereocenters. The number of thiophene rings is 1. The maximum Gasteiger partial charge on any atom is 0.159 e. The van der Waals surface area contributed by atoms with Crippen LogP contribution in [0.1, 0.15) is 16.7 Å². The van der Waals surface area contributed by atoms with Gasteiger partial charge in [0.1, 0.15) is 0 Å². The Bertz CT molecular complexity index is 2630. The highest BCUT2D eigenvalue weighted by molar-refractivity contribution is 7.25. The van der Waals surface area contributed by atoms with Gasteiger partial charge in [-0.2, -0.15) is 0 Å². The molecule has 7 aromatic carbocycles. The number of fused-ring (bicyclic) bond motifs is 13. The van der Waals surface area contributed by atoms with Gasteiger partial charge in [-0.15, -0.1) is 11.3 Å². The van der Waals surface area contributed by atoms with Gasteiger partial charge in [-0.25, -0.2) is 9.98 Å². The molecule has 1 aromatic heterocycles. The van der Waals surface area contributed by atoms with Gasteiger partial charge in [0.2, 0.25) is 0 Å². The second-order valence-electron chi connectivity index (χ2n) is 12.4. The molecule has 8 aromatic rings. The van der Waals surface area contributed by atoms with E-state index >= 15 is 0 Å². The maximum atomic E-state index is 5.04. The summed E-state index contributed by atoms with van der Waals surface area (Å²) in [4.78, 5) is 12.3. The zero-order valence-corrected chi connectivity index (χ0v) is 28.0. The van der Waals surface area contributed by atoms with Crippen molar-refractivity contribution in [2.45, 2.75) is 0 Å². The van der Waals surface area contributed by atoms with E-state index in [1.165, 1.54) is 20.2 Å². The van der Waals surface area contributed by atoms with Crippen LogP contribution in [0.5, 0.6) is 0 Å². The van der Waals surface area contributed by atoms with Crippen LogP contribution in [0.2, 0.25) is 0 Å². The van der Waals surface area contributed by atoms with Crippen molar-refractivity contribution in [3.05, 3.63) is 193 Å². The molecule has 0 radical (unpaired) electrons. The second-order valence-corrected chi connectivity index (χ2v) is 13.5. The average molecular weight is 658 g/mol. The summed E-state index contributed by atoms with van der Waals surface area (Å²) in [7, 11) is 0. The Morgan fingerprint density at radius 3 is 1.78 bits per heavy atom. The molecular formula is C46H31N3S. The summed E-state index contributed by atoms with van der Waals surface area (Å²) in [5.74, 6) is 0.606. The van der Waals surface area contributed by atoms with E-state index in [9.17, 15) is 0 Å². The molecular weight excluding hydrogens is 627 g/mol. The molecule has 4 heteroatoms. The fourth-order valence-corrected chi connectivity index (χ4v) is 7.79. The van der Waals surface area contributed by atoms with Crippen LogP contribution in [0.3, 0.4) is 0 Å². The van der Waals surface area contributed by atoms with Crippen molar-refractivity contribution in [1.29, 1.82) is 0 Å². The van der Waals surface area contributed by atoms with Crippen LogP contribution < -0.4 is 4.90 Å². The minimum atomic E-state index is 0.606. The molecule has 0 atom stereocenters. The van der Waals surface area contributed by atoms with E-state index in [2.05, 4.69) is 151 Å².